The van der Waals surface area contributed by atoms with Crippen LogP contribution < -0.4 is 42.2 Å². The van der Waals surface area contributed by atoms with E-state index in [4.69, 9.17) is 11.1 Å². The number of aromatic amines is 1. The summed E-state index contributed by atoms with van der Waals surface area (Å²) in [7, 11) is 0. The van der Waals surface area contributed by atoms with Crippen molar-refractivity contribution >= 4 is 29.3 Å². The van der Waals surface area contributed by atoms with Crippen molar-refractivity contribution in [1.29, 1.82) is 5.41 Å². The van der Waals surface area contributed by atoms with Crippen molar-refractivity contribution in [2.24, 2.45) is 5.73 Å². The van der Waals surface area contributed by atoms with E-state index in [1.165, 1.54) is 24.4 Å². The van der Waals surface area contributed by atoms with Gasteiger partial charge in [-0.15, -0.1) is 13.2 Å². The number of piperidine rings is 1. The van der Waals surface area contributed by atoms with Crippen molar-refractivity contribution in [3.05, 3.63) is 40.8 Å². The van der Waals surface area contributed by atoms with Crippen LogP contribution in [-0.4, -0.2) is 60.5 Å². The quantitative estimate of drug-likeness (QED) is 0.140. The molecule has 0 radical (unpaired) electrons. The number of halogens is 3. The van der Waals surface area contributed by atoms with E-state index in [1.54, 1.807) is 0 Å². The number of urea groups is 1. The van der Waals surface area contributed by atoms with Crippen LogP contribution in [0.15, 0.2) is 35.3 Å². The van der Waals surface area contributed by atoms with Gasteiger partial charge in [-0.05, 0) is 44.4 Å². The van der Waals surface area contributed by atoms with Crippen LogP contribution in [0.3, 0.4) is 0 Å². The molecule has 8 N–H and O–H groups in total. The molecule has 0 bridgehead atoms. The summed E-state index contributed by atoms with van der Waals surface area (Å²) in [6.45, 7) is 2.81. The van der Waals surface area contributed by atoms with Gasteiger partial charge in [0.25, 0.3) is 5.56 Å². The van der Waals surface area contributed by atoms with Crippen LogP contribution in [-0.2, 0) is 0 Å². The van der Waals surface area contributed by atoms with Gasteiger partial charge in [-0.25, -0.2) is 4.79 Å². The zero-order valence-corrected chi connectivity index (χ0v) is 20.0. The van der Waals surface area contributed by atoms with Gasteiger partial charge in [0, 0.05) is 31.9 Å². The minimum Gasteiger partial charge on any atom is -0.404 e. The Labute approximate surface area is 210 Å². The molecule has 1 saturated heterocycles. The summed E-state index contributed by atoms with van der Waals surface area (Å²) in [5.74, 6) is -0.765. The highest BCUT2D eigenvalue weighted by atomic mass is 19.4. The molecule has 1 aromatic heterocycles. The Balaban J connectivity index is 1.47. The number of nitrogens with zero attached hydrogens (tertiary/aromatic N) is 2. The van der Waals surface area contributed by atoms with Gasteiger partial charge in [0.1, 0.15) is 5.69 Å². The molecule has 12 nitrogen and oxygen atoms in total. The maximum atomic E-state index is 12.6. The number of ether oxygens (including phenoxy) is 1. The van der Waals surface area contributed by atoms with Gasteiger partial charge in [-0.2, -0.15) is 4.98 Å². The monoisotopic (exact) mass is 525 g/mol. The van der Waals surface area contributed by atoms with E-state index in [1.807, 2.05) is 4.90 Å². The van der Waals surface area contributed by atoms with Crippen molar-refractivity contribution in [3.63, 3.8) is 0 Å². The van der Waals surface area contributed by atoms with Crippen molar-refractivity contribution in [2.75, 3.05) is 41.7 Å². The first-order chi connectivity index (χ1) is 17.6. The molecular weight excluding hydrogens is 495 g/mol. The number of aromatic nitrogens is 2. The summed E-state index contributed by atoms with van der Waals surface area (Å²) in [6.07, 6.45) is 0.0587. The Morgan fingerprint density at radius 3 is 2.57 bits per heavy atom. The minimum absolute atomic E-state index is 0.0300. The number of carbonyl (C=O) groups excluding carboxylic acids is 1. The van der Waals surface area contributed by atoms with Crippen molar-refractivity contribution in [1.82, 2.24) is 20.6 Å². The van der Waals surface area contributed by atoms with Gasteiger partial charge in [0.2, 0.25) is 5.95 Å². The van der Waals surface area contributed by atoms with E-state index in [0.29, 0.717) is 31.4 Å². The van der Waals surface area contributed by atoms with Crippen LogP contribution in [0.1, 0.15) is 25.7 Å². The summed E-state index contributed by atoms with van der Waals surface area (Å²) in [4.78, 5) is 33.3. The molecule has 0 atom stereocenters. The smallest absolute Gasteiger partial charge is 0.404 e. The number of guanidine groups is 1. The first-order valence-corrected chi connectivity index (χ1v) is 11.7. The average molecular weight is 526 g/mol. The molecule has 1 aliphatic rings. The zero-order chi connectivity index (χ0) is 26.8. The largest absolute Gasteiger partial charge is 0.573 e. The summed E-state index contributed by atoms with van der Waals surface area (Å²) in [5.41, 5.74) is 4.86. The third-order valence-electron chi connectivity index (χ3n) is 5.56. The van der Waals surface area contributed by atoms with Gasteiger partial charge in [0.05, 0.1) is 5.69 Å². The Morgan fingerprint density at radius 2 is 1.89 bits per heavy atom. The standard InChI is InChI=1S/C22H30F3N9O3/c23-22(24,25)37-17-6-2-1-5-15(17)31-21(36)33-20-30-13-16(18(35)32-20)34-11-7-14(8-12-34)28-9-3-4-10-29-19(26)27/h1-2,5-6,13-14,28H,3-4,7-12H2,(H4,26,27,29)(H3,30,31,32,33,35,36). The van der Waals surface area contributed by atoms with Gasteiger partial charge < -0.3 is 36.3 Å². The van der Waals surface area contributed by atoms with Crippen LogP contribution in [0.5, 0.6) is 5.75 Å². The van der Waals surface area contributed by atoms with Crippen LogP contribution in [0, 0.1) is 5.41 Å². The molecular formula is C22H30F3N9O3. The number of carbonyl (C=O) groups is 1. The lowest BCUT2D eigenvalue weighted by Gasteiger charge is -2.33. The fraction of sp³-hybridized carbons (Fsp3) is 0.455. The zero-order valence-electron chi connectivity index (χ0n) is 20.0. The molecule has 37 heavy (non-hydrogen) atoms. The highest BCUT2D eigenvalue weighted by Crippen LogP contribution is 2.30. The lowest BCUT2D eigenvalue weighted by molar-refractivity contribution is -0.274. The highest BCUT2D eigenvalue weighted by molar-refractivity contribution is 5.99. The van der Waals surface area contributed by atoms with Gasteiger partial charge in [-0.1, -0.05) is 12.1 Å². The molecule has 202 valence electrons. The fourth-order valence-electron chi connectivity index (χ4n) is 3.83. The SMILES string of the molecule is N=C(N)NCCCCNC1CCN(c2c[nH]c(NC(=O)Nc3ccccc3OC(F)(F)F)nc2=O)CC1. The predicted molar refractivity (Wildman–Crippen MR) is 133 cm³/mol. The number of amides is 2. The molecule has 15 heteroatoms. The van der Waals surface area contributed by atoms with E-state index in [-0.39, 0.29) is 17.6 Å². The number of hydrogen-bond donors (Lipinski definition) is 7. The first kappa shape index (κ1) is 27.6. The summed E-state index contributed by atoms with van der Waals surface area (Å²) in [6, 6.07) is 4.49. The average Bonchev–Trinajstić information content (AvgIpc) is 2.82. The summed E-state index contributed by atoms with van der Waals surface area (Å²) in [5, 5.41) is 17.9. The predicted octanol–water partition coefficient (Wildman–Crippen LogP) is 2.13. The van der Waals surface area contributed by atoms with Crippen LogP contribution in [0.25, 0.3) is 0 Å². The van der Waals surface area contributed by atoms with E-state index >= 15 is 0 Å². The third-order valence-corrected chi connectivity index (χ3v) is 5.56. The molecule has 0 saturated carbocycles. The molecule has 3 rings (SSSR count). The molecule has 2 aromatic rings. The number of hydrogen-bond acceptors (Lipinski definition) is 7. The maximum absolute atomic E-state index is 12.6. The van der Waals surface area contributed by atoms with Crippen molar-refractivity contribution < 1.29 is 22.7 Å². The Bertz CT molecular complexity index is 1120. The maximum Gasteiger partial charge on any atom is 0.573 e. The number of nitrogens with two attached hydrogens (primary N) is 1. The number of benzene rings is 1. The molecule has 1 fully saturated rings. The summed E-state index contributed by atoms with van der Waals surface area (Å²) < 4.78 is 41.6. The second-order valence-electron chi connectivity index (χ2n) is 8.33. The van der Waals surface area contributed by atoms with Gasteiger partial charge >= 0.3 is 12.4 Å². The normalized spacial score (nSPS) is 14.2. The van der Waals surface area contributed by atoms with Crippen LogP contribution in [0.2, 0.25) is 0 Å². The Kier molecular flexibility index (Phi) is 9.54. The molecule has 0 unspecified atom stereocenters. The van der Waals surface area contributed by atoms with Crippen LogP contribution in [0.4, 0.5) is 35.3 Å². The first-order valence-electron chi connectivity index (χ1n) is 11.7. The summed E-state index contributed by atoms with van der Waals surface area (Å²) >= 11 is 0. The fourth-order valence-corrected chi connectivity index (χ4v) is 3.83. The Hall–Kier alpha value is -4.01. The van der Waals surface area contributed by atoms with E-state index in [9.17, 15) is 22.8 Å². The van der Waals surface area contributed by atoms with E-state index in [0.717, 1.165) is 38.3 Å². The Morgan fingerprint density at radius 1 is 1.19 bits per heavy atom. The molecule has 1 aliphatic heterocycles. The minimum atomic E-state index is -4.92. The van der Waals surface area contributed by atoms with Crippen LogP contribution >= 0.6 is 0 Å². The molecule has 0 aliphatic carbocycles. The molecule has 2 heterocycles. The third kappa shape index (κ3) is 9.18. The van der Waals surface area contributed by atoms with Gasteiger partial charge in [0.15, 0.2) is 11.7 Å². The number of anilines is 3. The number of nitrogens with one attached hydrogen (secondary N) is 6. The van der Waals surface area contributed by atoms with Crippen molar-refractivity contribution in [2.45, 2.75) is 38.1 Å². The highest BCUT2D eigenvalue weighted by Gasteiger charge is 2.32. The van der Waals surface area contributed by atoms with E-state index in [2.05, 4.69) is 36.0 Å². The molecule has 1 aromatic carbocycles. The van der Waals surface area contributed by atoms with Gasteiger partial charge in [-0.3, -0.25) is 15.5 Å². The number of H-pyrrole nitrogens is 1. The van der Waals surface area contributed by atoms with Crippen molar-refractivity contribution in [3.8, 4) is 5.75 Å². The number of rotatable bonds is 10. The number of para-hydroxylation sites is 2. The second kappa shape index (κ2) is 12.8. The molecule has 2 amide bonds. The number of unbranched alkanes of at least 4 members (excludes halogenated alkanes) is 1. The number of alkyl halides is 3. The van der Waals surface area contributed by atoms with E-state index < -0.39 is 23.7 Å². The molecule has 0 spiro atoms. The topological polar surface area (TPSA) is 173 Å². The lowest BCUT2D eigenvalue weighted by atomic mass is 10.0. The lowest BCUT2D eigenvalue weighted by Crippen LogP contribution is -2.44. The second-order valence-corrected chi connectivity index (χ2v) is 8.33.